The molecule has 1 aliphatic rings. The van der Waals surface area contributed by atoms with E-state index < -0.39 is 86.2 Å². The zero-order valence-electron chi connectivity index (χ0n) is 27.3. The molecule has 25 heteroatoms. The Morgan fingerprint density at radius 2 is 1.59 bits per heavy atom. The molecule has 2 aromatic carbocycles. The van der Waals surface area contributed by atoms with Gasteiger partial charge in [0.15, 0.2) is 21.4 Å². The van der Waals surface area contributed by atoms with Crippen LogP contribution in [0, 0.1) is 6.08 Å². The van der Waals surface area contributed by atoms with Gasteiger partial charge in [-0.2, -0.15) is 36.2 Å². The fraction of sp³-hybridized carbons (Fsp3) is 0.172. The second-order valence-corrected chi connectivity index (χ2v) is 15.4. The quantitative estimate of drug-likeness (QED) is 0.0481. The summed E-state index contributed by atoms with van der Waals surface area (Å²) < 4.78 is 109. The van der Waals surface area contributed by atoms with Gasteiger partial charge in [0.25, 0.3) is 20.2 Å². The van der Waals surface area contributed by atoms with Crippen LogP contribution in [0.5, 0.6) is 5.75 Å². The number of hydrogen-bond donors (Lipinski definition) is 6. The highest BCUT2D eigenvalue weighted by Gasteiger charge is 2.20. The molecule has 6 N–H and O–H groups in total. The minimum atomic E-state index is -4.99. The van der Waals surface area contributed by atoms with Gasteiger partial charge < -0.3 is 25.6 Å². The van der Waals surface area contributed by atoms with Crippen LogP contribution in [0.25, 0.3) is 0 Å². The number of aromatic carboxylic acids is 1. The van der Waals surface area contributed by atoms with E-state index in [9.17, 15) is 53.8 Å². The Morgan fingerprint density at radius 1 is 0.926 bits per heavy atom. The molecule has 0 saturated carbocycles. The number of aromatic hydroxyl groups is 1. The molecule has 0 fully saturated rings. The fourth-order valence-corrected chi connectivity index (χ4v) is 5.63. The molecule has 1 aliphatic carbocycles. The van der Waals surface area contributed by atoms with Crippen molar-refractivity contribution in [3.8, 4) is 5.75 Å². The van der Waals surface area contributed by atoms with Gasteiger partial charge in [-0.25, -0.2) is 13.2 Å². The summed E-state index contributed by atoms with van der Waals surface area (Å²) in [6.45, 7) is 2.97. The monoisotopic (exact) mass is 809 g/mol. The lowest BCUT2D eigenvalue weighted by Crippen LogP contribution is -2.16. The van der Waals surface area contributed by atoms with E-state index >= 15 is 0 Å². The van der Waals surface area contributed by atoms with Crippen LogP contribution in [-0.2, 0) is 34.8 Å². The molecule has 0 bridgehead atoms. The average Bonchev–Trinajstić information content (AvgIpc) is 3.10. The normalized spacial score (nSPS) is 14.4. The lowest BCUT2D eigenvalue weighted by molar-refractivity contribution is 0.0697. The minimum absolute atomic E-state index is 0.0190. The van der Waals surface area contributed by atoms with Crippen molar-refractivity contribution in [2.45, 2.75) is 16.2 Å². The maximum Gasteiger partial charge on any atom is 0.337 e. The number of allylic oxidation sites excluding steroid dienone is 5. The number of carboxylic acid groups (broad SMARTS) is 1. The van der Waals surface area contributed by atoms with Gasteiger partial charge in [0.1, 0.15) is 11.4 Å². The fourth-order valence-electron chi connectivity index (χ4n) is 4.08. The molecule has 0 aliphatic heterocycles. The van der Waals surface area contributed by atoms with Crippen molar-refractivity contribution in [2.24, 2.45) is 20.5 Å². The summed E-state index contributed by atoms with van der Waals surface area (Å²) in [6, 6.07) is 3.92. The molecular weight excluding hydrogens is 782 g/mol. The summed E-state index contributed by atoms with van der Waals surface area (Å²) in [5, 5.41) is 41.9. The van der Waals surface area contributed by atoms with E-state index in [1.165, 1.54) is 6.08 Å². The largest absolute Gasteiger partial charge is 0.504 e. The number of sulfone groups is 1. The molecule has 1 aromatic heterocycles. The predicted molar refractivity (Wildman–Crippen MR) is 186 cm³/mol. The van der Waals surface area contributed by atoms with Crippen LogP contribution < -0.4 is 10.6 Å². The van der Waals surface area contributed by atoms with E-state index in [4.69, 9.17) is 4.74 Å². The van der Waals surface area contributed by atoms with Crippen LogP contribution in [0.1, 0.15) is 16.8 Å². The van der Waals surface area contributed by atoms with Crippen molar-refractivity contribution < 1.29 is 58.5 Å². The van der Waals surface area contributed by atoms with E-state index in [0.29, 0.717) is 5.57 Å². The molecule has 0 atom stereocenters. The summed E-state index contributed by atoms with van der Waals surface area (Å²) >= 11 is 0. The van der Waals surface area contributed by atoms with Crippen LogP contribution in [0.4, 0.5) is 33.3 Å². The summed E-state index contributed by atoms with van der Waals surface area (Å²) in [5.41, 5.74) is -1.83. The van der Waals surface area contributed by atoms with Gasteiger partial charge in [0, 0.05) is 17.5 Å². The maximum absolute atomic E-state index is 14.3. The number of rotatable bonds is 17. The van der Waals surface area contributed by atoms with Crippen molar-refractivity contribution >= 4 is 65.0 Å². The molecule has 0 unspecified atom stereocenters. The maximum atomic E-state index is 14.3. The highest BCUT2D eigenvalue weighted by atomic mass is 32.2. The number of ether oxygens (including phenoxy) is 1. The molecule has 0 spiro atoms. The minimum Gasteiger partial charge on any atom is -0.504 e. The number of azo groups is 2. The number of aromatic nitrogens is 3. The second kappa shape index (κ2) is 17.3. The molecule has 54 heavy (non-hydrogen) atoms. The van der Waals surface area contributed by atoms with Gasteiger partial charge in [0.2, 0.25) is 11.9 Å². The average molecular weight is 810 g/mol. The highest BCUT2D eigenvalue weighted by molar-refractivity contribution is 7.94. The third kappa shape index (κ3) is 11.6. The Balaban J connectivity index is 1.66. The number of phenols is 1. The Labute approximate surface area is 305 Å². The first-order valence-corrected chi connectivity index (χ1v) is 19.4. The van der Waals surface area contributed by atoms with Gasteiger partial charge >= 0.3 is 12.0 Å². The van der Waals surface area contributed by atoms with Crippen LogP contribution >= 0.6 is 0 Å². The number of anilines is 3. The summed E-state index contributed by atoms with van der Waals surface area (Å²) in [5.74, 6) is -3.89. The highest BCUT2D eigenvalue weighted by Crippen LogP contribution is 2.39. The van der Waals surface area contributed by atoms with Crippen LogP contribution in [0.15, 0.2) is 108 Å². The molecule has 3 aromatic rings. The van der Waals surface area contributed by atoms with Gasteiger partial charge in [-0.15, -0.1) is 20.5 Å². The number of carboxylic acids is 1. The number of phenolic OH excluding ortho intramolecular Hbond substituents is 1. The Kier molecular flexibility index (Phi) is 13.1. The molecule has 1 heterocycles. The number of nitrogens with zero attached hydrogens (tertiary/aromatic N) is 7. The molecule has 286 valence electrons. The molecule has 0 saturated heterocycles. The first kappa shape index (κ1) is 40.9. The lowest BCUT2D eigenvalue weighted by Gasteiger charge is -2.12. The third-order valence-electron chi connectivity index (χ3n) is 6.68. The van der Waals surface area contributed by atoms with Gasteiger partial charge in [-0.05, 0) is 36.8 Å². The van der Waals surface area contributed by atoms with Crippen molar-refractivity contribution in [2.75, 3.05) is 36.1 Å². The van der Waals surface area contributed by atoms with Crippen molar-refractivity contribution in [1.82, 2.24) is 15.0 Å². The SMILES string of the molecule is C=CS(=O)(=O)CCOCCNc1nc(F)nc(Nc2cc(S(=O)(=O)O)cc(N=N/C(N=Nc3cc(S(=O)(=O)O)ccc3C(=O)O)=C3\C=CC=CC3)c2O)n1. The molecule has 0 amide bonds. The van der Waals surface area contributed by atoms with E-state index in [1.54, 1.807) is 18.2 Å². The Morgan fingerprint density at radius 3 is 2.22 bits per heavy atom. The van der Waals surface area contributed by atoms with E-state index in [0.717, 1.165) is 35.7 Å². The van der Waals surface area contributed by atoms with Gasteiger partial charge in [-0.1, -0.05) is 30.9 Å². The van der Waals surface area contributed by atoms with Crippen molar-refractivity contribution in [3.63, 3.8) is 0 Å². The van der Waals surface area contributed by atoms with E-state index in [2.05, 4.69) is 52.6 Å². The molecule has 21 nitrogen and oxygen atoms in total. The standard InChI is InChI=1S/C29H28FN9O12S3/c1-2-52(43,44)13-12-51-11-10-31-28-33-27(30)34-29(35-28)32-22-15-19(54(48,49)50)16-23(24(22)40)37-39-25(17-6-4-3-5-7-17)38-36-21-14-18(53(45,46)47)8-9-20(21)26(41)42/h2-6,8-9,14-16,40H,1,7,10-13H2,(H,41,42)(H,45,46,47)(H,48,49,50)(H2,31,32,33,34,35)/b25-17+,38-36?,39-37?. The zero-order chi connectivity index (χ0) is 39.7. The Bertz CT molecular complexity index is 2450. The summed E-state index contributed by atoms with van der Waals surface area (Å²) in [6.07, 6.45) is 5.29. The molecular formula is C29H28FN9O12S3. The number of benzene rings is 2. The third-order valence-corrected chi connectivity index (χ3v) is 9.61. The molecule has 0 radical (unpaired) electrons. The summed E-state index contributed by atoms with van der Waals surface area (Å²) in [4.78, 5) is 21.1. The first-order chi connectivity index (χ1) is 25.4. The summed E-state index contributed by atoms with van der Waals surface area (Å²) in [7, 11) is -13.2. The van der Waals surface area contributed by atoms with Crippen molar-refractivity contribution in [1.29, 1.82) is 0 Å². The first-order valence-electron chi connectivity index (χ1n) is 14.8. The number of hydrogen-bond acceptors (Lipinski definition) is 18. The second-order valence-electron chi connectivity index (χ2n) is 10.5. The van der Waals surface area contributed by atoms with Crippen LogP contribution in [0.3, 0.4) is 0 Å². The smallest absolute Gasteiger partial charge is 0.337 e. The number of nitrogens with one attached hydrogen (secondary N) is 2. The molecule has 4 rings (SSSR count). The van der Waals surface area contributed by atoms with Gasteiger partial charge in [0.05, 0.1) is 40.0 Å². The van der Waals surface area contributed by atoms with Crippen LogP contribution in [0.2, 0.25) is 0 Å². The van der Waals surface area contributed by atoms with E-state index in [-0.39, 0.29) is 43.7 Å². The lowest BCUT2D eigenvalue weighted by atomic mass is 10.1. The number of carbonyl (C=O) groups is 1. The topological polar surface area (TPSA) is 322 Å². The van der Waals surface area contributed by atoms with E-state index in [1.807, 2.05) is 0 Å². The van der Waals surface area contributed by atoms with Gasteiger partial charge in [-0.3, -0.25) is 9.11 Å². The Hall–Kier alpha value is -5.86. The number of halogens is 1. The zero-order valence-corrected chi connectivity index (χ0v) is 29.8. The predicted octanol–water partition coefficient (Wildman–Crippen LogP) is 4.23. The van der Waals surface area contributed by atoms with Crippen molar-refractivity contribution in [3.05, 3.63) is 89.7 Å². The van der Waals surface area contributed by atoms with Crippen LogP contribution in [-0.4, -0.2) is 91.0 Å².